The Kier molecular flexibility index (Phi) is 4.66. The molecule has 0 aliphatic carbocycles. The van der Waals surface area contributed by atoms with Gasteiger partial charge in [0, 0.05) is 12.7 Å². The molecule has 0 aliphatic rings. The second-order valence-electron chi connectivity index (χ2n) is 3.15. The molecule has 4 nitrogen and oxygen atoms in total. The van der Waals surface area contributed by atoms with Crippen molar-refractivity contribution >= 4 is 11.8 Å². The summed E-state index contributed by atoms with van der Waals surface area (Å²) in [7, 11) is 1.46. The average Bonchev–Trinajstić information content (AvgIpc) is 2.30. The molecule has 0 bridgehead atoms. The van der Waals surface area contributed by atoms with Crippen molar-refractivity contribution in [1.82, 2.24) is 0 Å². The molecule has 0 radical (unpaired) electrons. The fourth-order valence-electron chi connectivity index (χ4n) is 1.22. The second-order valence-corrected chi connectivity index (χ2v) is 3.15. The van der Waals surface area contributed by atoms with E-state index in [-0.39, 0.29) is 18.4 Å². The standard InChI is InChI=1S/C12H14O4/c1-3-16-12(14)10-6-4-9(5-7-10)11(13)8-15-2/h4-7H,3,8H2,1-2H3. The lowest BCUT2D eigenvalue weighted by molar-refractivity contribution is 0.0526. The molecule has 0 heterocycles. The summed E-state index contributed by atoms with van der Waals surface area (Å²) < 4.78 is 9.56. The first-order valence-corrected chi connectivity index (χ1v) is 4.98. The Morgan fingerprint density at radius 1 is 1.12 bits per heavy atom. The SMILES string of the molecule is CCOC(=O)c1ccc(C(=O)COC)cc1. The fourth-order valence-corrected chi connectivity index (χ4v) is 1.22. The summed E-state index contributed by atoms with van der Waals surface area (Å²) in [6.45, 7) is 2.12. The predicted octanol–water partition coefficient (Wildman–Crippen LogP) is 1.69. The summed E-state index contributed by atoms with van der Waals surface area (Å²) in [5, 5.41) is 0. The van der Waals surface area contributed by atoms with Crippen LogP contribution in [0.5, 0.6) is 0 Å². The van der Waals surface area contributed by atoms with Gasteiger partial charge in [-0.15, -0.1) is 0 Å². The molecule has 86 valence electrons. The van der Waals surface area contributed by atoms with E-state index in [1.165, 1.54) is 7.11 Å². The normalized spacial score (nSPS) is 9.88. The molecule has 1 rings (SSSR count). The number of carbonyl (C=O) groups is 2. The Balaban J connectivity index is 2.75. The van der Waals surface area contributed by atoms with Crippen LogP contribution >= 0.6 is 0 Å². The number of esters is 1. The number of benzene rings is 1. The number of hydrogen-bond donors (Lipinski definition) is 0. The van der Waals surface area contributed by atoms with Crippen LogP contribution in [0.4, 0.5) is 0 Å². The lowest BCUT2D eigenvalue weighted by atomic mass is 10.1. The van der Waals surface area contributed by atoms with Gasteiger partial charge in [0.15, 0.2) is 5.78 Å². The van der Waals surface area contributed by atoms with Crippen LogP contribution in [-0.2, 0) is 9.47 Å². The topological polar surface area (TPSA) is 52.6 Å². The first kappa shape index (κ1) is 12.4. The van der Waals surface area contributed by atoms with Gasteiger partial charge in [0.2, 0.25) is 0 Å². The van der Waals surface area contributed by atoms with Crippen molar-refractivity contribution in [2.45, 2.75) is 6.92 Å². The van der Waals surface area contributed by atoms with Gasteiger partial charge in [-0.25, -0.2) is 4.79 Å². The molecular weight excluding hydrogens is 208 g/mol. The highest BCUT2D eigenvalue weighted by Gasteiger charge is 2.08. The molecule has 0 aliphatic heterocycles. The Labute approximate surface area is 94.2 Å². The van der Waals surface area contributed by atoms with Crippen LogP contribution in [0.3, 0.4) is 0 Å². The van der Waals surface area contributed by atoms with Crippen molar-refractivity contribution in [2.24, 2.45) is 0 Å². The van der Waals surface area contributed by atoms with Gasteiger partial charge in [-0.05, 0) is 19.1 Å². The van der Waals surface area contributed by atoms with E-state index in [2.05, 4.69) is 0 Å². The van der Waals surface area contributed by atoms with Crippen LogP contribution in [0.1, 0.15) is 27.6 Å². The Bertz CT molecular complexity index is 330. The van der Waals surface area contributed by atoms with Crippen LogP contribution in [-0.4, -0.2) is 32.1 Å². The summed E-state index contributed by atoms with van der Waals surface area (Å²) in [6.07, 6.45) is 0. The molecule has 0 aromatic heterocycles. The van der Waals surface area contributed by atoms with Crippen molar-refractivity contribution < 1.29 is 19.1 Å². The summed E-state index contributed by atoms with van der Waals surface area (Å²) in [4.78, 5) is 22.7. The molecule has 0 N–H and O–H groups in total. The van der Waals surface area contributed by atoms with Crippen molar-refractivity contribution in [3.63, 3.8) is 0 Å². The lowest BCUT2D eigenvalue weighted by Gasteiger charge is -2.03. The number of Topliss-reactive ketones (excluding diaryl/α,β-unsaturated/α-hetero) is 1. The van der Waals surface area contributed by atoms with Crippen molar-refractivity contribution in [3.8, 4) is 0 Å². The van der Waals surface area contributed by atoms with Gasteiger partial charge in [0.05, 0.1) is 12.2 Å². The summed E-state index contributed by atoms with van der Waals surface area (Å²) >= 11 is 0. The highest BCUT2D eigenvalue weighted by atomic mass is 16.5. The van der Waals surface area contributed by atoms with E-state index < -0.39 is 0 Å². The maximum atomic E-state index is 11.4. The quantitative estimate of drug-likeness (QED) is 0.562. The highest BCUT2D eigenvalue weighted by molar-refractivity contribution is 5.98. The molecule has 0 atom stereocenters. The molecule has 0 fully saturated rings. The minimum atomic E-state index is -0.381. The van der Waals surface area contributed by atoms with Crippen LogP contribution in [0, 0.1) is 0 Å². The molecule has 0 amide bonds. The minimum absolute atomic E-state index is 0.0404. The van der Waals surface area contributed by atoms with Crippen molar-refractivity contribution in [1.29, 1.82) is 0 Å². The first-order chi connectivity index (χ1) is 7.69. The summed E-state index contributed by atoms with van der Waals surface area (Å²) in [6, 6.07) is 6.32. The van der Waals surface area contributed by atoms with Crippen molar-refractivity contribution in [3.05, 3.63) is 35.4 Å². The van der Waals surface area contributed by atoms with E-state index in [0.717, 1.165) is 0 Å². The largest absolute Gasteiger partial charge is 0.462 e. The van der Waals surface area contributed by atoms with Gasteiger partial charge in [-0.3, -0.25) is 4.79 Å². The second kappa shape index (κ2) is 6.02. The van der Waals surface area contributed by atoms with Crippen LogP contribution in [0.15, 0.2) is 24.3 Å². The lowest BCUT2D eigenvalue weighted by Crippen LogP contribution is -2.08. The van der Waals surface area contributed by atoms with Gasteiger partial charge in [0.25, 0.3) is 0 Å². The Hall–Kier alpha value is -1.68. The first-order valence-electron chi connectivity index (χ1n) is 4.98. The number of carbonyl (C=O) groups excluding carboxylic acids is 2. The van der Waals surface area contributed by atoms with Gasteiger partial charge in [0.1, 0.15) is 6.61 Å². The molecule has 0 saturated heterocycles. The van der Waals surface area contributed by atoms with Crippen LogP contribution < -0.4 is 0 Å². The zero-order chi connectivity index (χ0) is 12.0. The molecule has 0 unspecified atom stereocenters. The molecule has 1 aromatic rings. The third-order valence-electron chi connectivity index (χ3n) is 1.99. The number of methoxy groups -OCH3 is 1. The summed E-state index contributed by atoms with van der Waals surface area (Å²) in [5.41, 5.74) is 0.964. The van der Waals surface area contributed by atoms with Gasteiger partial charge in [-0.2, -0.15) is 0 Å². The third-order valence-corrected chi connectivity index (χ3v) is 1.99. The monoisotopic (exact) mass is 222 g/mol. The third kappa shape index (κ3) is 3.17. The van der Waals surface area contributed by atoms with Crippen LogP contribution in [0.2, 0.25) is 0 Å². The number of rotatable bonds is 5. The predicted molar refractivity (Wildman–Crippen MR) is 58.6 cm³/mol. The molecule has 4 heteroatoms. The van der Waals surface area contributed by atoms with Gasteiger partial charge >= 0.3 is 5.97 Å². The van der Waals surface area contributed by atoms with E-state index in [1.54, 1.807) is 31.2 Å². The maximum absolute atomic E-state index is 11.4. The van der Waals surface area contributed by atoms with E-state index >= 15 is 0 Å². The Morgan fingerprint density at radius 3 is 2.19 bits per heavy atom. The number of ether oxygens (including phenoxy) is 2. The van der Waals surface area contributed by atoms with Gasteiger partial charge in [-0.1, -0.05) is 12.1 Å². The zero-order valence-corrected chi connectivity index (χ0v) is 9.36. The Morgan fingerprint density at radius 2 is 1.69 bits per heavy atom. The zero-order valence-electron chi connectivity index (χ0n) is 9.36. The van der Waals surface area contributed by atoms with E-state index in [9.17, 15) is 9.59 Å². The fraction of sp³-hybridized carbons (Fsp3) is 0.333. The van der Waals surface area contributed by atoms with Crippen LogP contribution in [0.25, 0.3) is 0 Å². The molecule has 1 aromatic carbocycles. The number of hydrogen-bond acceptors (Lipinski definition) is 4. The van der Waals surface area contributed by atoms with E-state index in [0.29, 0.717) is 17.7 Å². The average molecular weight is 222 g/mol. The molecule has 0 saturated carbocycles. The molecule has 0 spiro atoms. The number of ketones is 1. The molecular formula is C12H14O4. The van der Waals surface area contributed by atoms with Gasteiger partial charge < -0.3 is 9.47 Å². The smallest absolute Gasteiger partial charge is 0.338 e. The van der Waals surface area contributed by atoms with Crippen molar-refractivity contribution in [2.75, 3.05) is 20.3 Å². The minimum Gasteiger partial charge on any atom is -0.462 e. The highest BCUT2D eigenvalue weighted by Crippen LogP contribution is 2.07. The molecule has 16 heavy (non-hydrogen) atoms. The maximum Gasteiger partial charge on any atom is 0.338 e. The van der Waals surface area contributed by atoms with E-state index in [4.69, 9.17) is 9.47 Å². The van der Waals surface area contributed by atoms with E-state index in [1.807, 2.05) is 0 Å². The summed E-state index contributed by atoms with van der Waals surface area (Å²) in [5.74, 6) is -0.494.